The fraction of sp³-hybridized carbons (Fsp3) is 0.217. The maximum atomic E-state index is 7.48. The molecular formula is C23H19ClN2O. The Morgan fingerprint density at radius 2 is 1.63 bits per heavy atom. The second-order valence-electron chi connectivity index (χ2n) is 6.77. The van der Waals surface area contributed by atoms with Crippen LogP contribution < -0.4 is 4.74 Å². The largest absolute Gasteiger partial charge is 0.457 e. The number of halogens is 1. The molecule has 3 aromatic rings. The minimum absolute atomic E-state index is 0.300. The molecule has 1 saturated carbocycles. The van der Waals surface area contributed by atoms with Crippen LogP contribution in [0.25, 0.3) is 16.1 Å². The lowest BCUT2D eigenvalue weighted by molar-refractivity contribution is 0.483. The van der Waals surface area contributed by atoms with Gasteiger partial charge in [0, 0.05) is 5.56 Å². The molecule has 0 N–H and O–H groups in total. The number of ether oxygens (including phenoxy) is 1. The number of hydrogen-bond acceptors (Lipinski definition) is 2. The number of hydrogen-bond donors (Lipinski definition) is 0. The van der Waals surface area contributed by atoms with Crippen molar-refractivity contribution < 1.29 is 4.74 Å². The van der Waals surface area contributed by atoms with Crippen molar-refractivity contribution in [1.82, 2.24) is 4.98 Å². The molecule has 2 aromatic carbocycles. The SMILES string of the molecule is [C-]#[N+]c1c(C2CCCC2)cc(-c2ccc(Oc3ccccc3)cc2)nc1Cl. The zero-order valence-electron chi connectivity index (χ0n) is 14.9. The van der Waals surface area contributed by atoms with Crippen LogP contribution in [0.4, 0.5) is 5.69 Å². The van der Waals surface area contributed by atoms with Gasteiger partial charge in [-0.1, -0.05) is 42.6 Å². The summed E-state index contributed by atoms with van der Waals surface area (Å²) < 4.78 is 5.85. The lowest BCUT2D eigenvalue weighted by Crippen LogP contribution is -1.96. The standard InChI is InChI=1S/C23H19ClN2O/c1-25-22-20(16-7-5-6-8-16)15-21(26-23(22)24)17-11-13-19(14-12-17)27-18-9-3-2-4-10-18/h2-4,9-16H,5-8H2. The van der Waals surface area contributed by atoms with Crippen LogP contribution in [0.5, 0.6) is 11.5 Å². The van der Waals surface area contributed by atoms with E-state index in [1.165, 1.54) is 12.8 Å². The molecule has 4 heteroatoms. The molecule has 1 fully saturated rings. The van der Waals surface area contributed by atoms with Gasteiger partial charge in [0.05, 0.1) is 12.3 Å². The molecule has 3 nitrogen and oxygen atoms in total. The Balaban J connectivity index is 1.64. The van der Waals surface area contributed by atoms with E-state index in [0.717, 1.165) is 41.2 Å². The van der Waals surface area contributed by atoms with Gasteiger partial charge in [0.25, 0.3) is 0 Å². The van der Waals surface area contributed by atoms with E-state index < -0.39 is 0 Å². The van der Waals surface area contributed by atoms with E-state index in [0.29, 0.717) is 16.8 Å². The maximum Gasteiger partial charge on any atom is 0.227 e. The molecule has 4 rings (SSSR count). The highest BCUT2D eigenvalue weighted by Crippen LogP contribution is 2.43. The molecule has 0 radical (unpaired) electrons. The molecular weight excluding hydrogens is 356 g/mol. The average molecular weight is 375 g/mol. The fourth-order valence-corrected chi connectivity index (χ4v) is 3.89. The van der Waals surface area contributed by atoms with Gasteiger partial charge in [-0.25, -0.2) is 9.83 Å². The molecule has 134 valence electrons. The summed E-state index contributed by atoms with van der Waals surface area (Å²) in [5.74, 6) is 1.98. The molecule has 0 atom stereocenters. The van der Waals surface area contributed by atoms with Gasteiger partial charge in [0.15, 0.2) is 0 Å². The summed E-state index contributed by atoms with van der Waals surface area (Å²) in [6, 6.07) is 19.5. The minimum Gasteiger partial charge on any atom is -0.457 e. The molecule has 27 heavy (non-hydrogen) atoms. The molecule has 0 saturated heterocycles. The van der Waals surface area contributed by atoms with Gasteiger partial charge in [-0.3, -0.25) is 0 Å². The number of pyridine rings is 1. The van der Waals surface area contributed by atoms with E-state index in [1.807, 2.05) is 60.7 Å². The first-order chi connectivity index (χ1) is 13.2. The Kier molecular flexibility index (Phi) is 5.09. The van der Waals surface area contributed by atoms with Crippen LogP contribution in [-0.4, -0.2) is 4.98 Å². The quantitative estimate of drug-likeness (QED) is 0.351. The Morgan fingerprint density at radius 3 is 2.30 bits per heavy atom. The normalized spacial score (nSPS) is 14.1. The lowest BCUT2D eigenvalue weighted by Gasteiger charge is -2.15. The number of rotatable bonds is 4. The summed E-state index contributed by atoms with van der Waals surface area (Å²) in [6.45, 7) is 7.48. The highest BCUT2D eigenvalue weighted by molar-refractivity contribution is 6.32. The minimum atomic E-state index is 0.300. The van der Waals surface area contributed by atoms with Crippen LogP contribution in [0, 0.1) is 6.57 Å². The van der Waals surface area contributed by atoms with E-state index in [4.69, 9.17) is 22.9 Å². The van der Waals surface area contributed by atoms with Crippen molar-refractivity contribution in [2.75, 3.05) is 0 Å². The molecule has 1 aromatic heterocycles. The second-order valence-corrected chi connectivity index (χ2v) is 7.13. The Morgan fingerprint density at radius 1 is 0.963 bits per heavy atom. The zero-order valence-corrected chi connectivity index (χ0v) is 15.6. The van der Waals surface area contributed by atoms with Crippen LogP contribution >= 0.6 is 11.6 Å². The molecule has 1 heterocycles. The van der Waals surface area contributed by atoms with Crippen molar-refractivity contribution in [3.05, 3.63) is 82.8 Å². The van der Waals surface area contributed by atoms with Gasteiger partial charge >= 0.3 is 0 Å². The number of aromatic nitrogens is 1. The summed E-state index contributed by atoms with van der Waals surface area (Å²) >= 11 is 6.35. The van der Waals surface area contributed by atoms with Gasteiger partial charge in [-0.2, -0.15) is 0 Å². The molecule has 1 aliphatic rings. The van der Waals surface area contributed by atoms with E-state index in [9.17, 15) is 0 Å². The highest BCUT2D eigenvalue weighted by Gasteiger charge is 2.23. The molecule has 0 spiro atoms. The summed E-state index contributed by atoms with van der Waals surface area (Å²) in [7, 11) is 0. The highest BCUT2D eigenvalue weighted by atomic mass is 35.5. The molecule has 1 aliphatic carbocycles. The molecule has 0 aliphatic heterocycles. The Hall–Kier alpha value is -2.83. The average Bonchev–Trinajstić information content (AvgIpc) is 3.23. The Bertz CT molecular complexity index is 972. The number of benzene rings is 2. The summed E-state index contributed by atoms with van der Waals surface area (Å²) in [5, 5.41) is 0.300. The smallest absolute Gasteiger partial charge is 0.227 e. The summed E-state index contributed by atoms with van der Waals surface area (Å²) in [5.41, 5.74) is 3.33. The van der Waals surface area contributed by atoms with Gasteiger partial charge in [-0.15, -0.1) is 0 Å². The molecule has 0 bridgehead atoms. The third-order valence-electron chi connectivity index (χ3n) is 5.02. The summed E-state index contributed by atoms with van der Waals surface area (Å²) in [6.07, 6.45) is 4.66. The van der Waals surface area contributed by atoms with Crippen LogP contribution in [0.1, 0.15) is 37.2 Å². The first kappa shape index (κ1) is 17.6. The van der Waals surface area contributed by atoms with Gasteiger partial charge in [0.2, 0.25) is 5.69 Å². The third-order valence-corrected chi connectivity index (χ3v) is 5.28. The number of nitrogens with zero attached hydrogens (tertiary/aromatic N) is 2. The first-order valence-corrected chi connectivity index (χ1v) is 9.53. The molecule has 0 amide bonds. The van der Waals surface area contributed by atoms with E-state index in [-0.39, 0.29) is 0 Å². The predicted molar refractivity (Wildman–Crippen MR) is 109 cm³/mol. The lowest BCUT2D eigenvalue weighted by atomic mass is 9.95. The monoisotopic (exact) mass is 374 g/mol. The van der Waals surface area contributed by atoms with Crippen molar-refractivity contribution >= 4 is 17.3 Å². The first-order valence-electron chi connectivity index (χ1n) is 9.16. The zero-order chi connectivity index (χ0) is 18.6. The van der Waals surface area contributed by atoms with Gasteiger partial charge < -0.3 is 4.74 Å². The van der Waals surface area contributed by atoms with Crippen molar-refractivity contribution in [1.29, 1.82) is 0 Å². The second kappa shape index (κ2) is 7.82. The molecule has 0 unspecified atom stereocenters. The van der Waals surface area contributed by atoms with Crippen molar-refractivity contribution in [3.8, 4) is 22.8 Å². The maximum absolute atomic E-state index is 7.48. The van der Waals surface area contributed by atoms with E-state index in [1.54, 1.807) is 0 Å². The van der Waals surface area contributed by atoms with E-state index in [2.05, 4.69) is 9.83 Å². The van der Waals surface area contributed by atoms with E-state index >= 15 is 0 Å². The van der Waals surface area contributed by atoms with Crippen LogP contribution in [0.15, 0.2) is 60.7 Å². The predicted octanol–water partition coefficient (Wildman–Crippen LogP) is 7.40. The number of para-hydroxylation sites is 1. The third kappa shape index (κ3) is 3.82. The van der Waals surface area contributed by atoms with Gasteiger partial charge in [-0.05, 0) is 66.8 Å². The van der Waals surface area contributed by atoms with Gasteiger partial charge in [0.1, 0.15) is 16.7 Å². The van der Waals surface area contributed by atoms with Crippen LogP contribution in [0.3, 0.4) is 0 Å². The Labute approximate surface area is 164 Å². The summed E-state index contributed by atoms with van der Waals surface area (Å²) in [4.78, 5) is 8.12. The fourth-order valence-electron chi connectivity index (χ4n) is 3.65. The van der Waals surface area contributed by atoms with Crippen molar-refractivity contribution in [3.63, 3.8) is 0 Å². The topological polar surface area (TPSA) is 26.5 Å². The van der Waals surface area contributed by atoms with Crippen molar-refractivity contribution in [2.45, 2.75) is 31.6 Å². The van der Waals surface area contributed by atoms with Crippen LogP contribution in [-0.2, 0) is 0 Å². The van der Waals surface area contributed by atoms with Crippen molar-refractivity contribution in [2.24, 2.45) is 0 Å². The van der Waals surface area contributed by atoms with Crippen LogP contribution in [0.2, 0.25) is 5.15 Å².